The molecule has 0 N–H and O–H groups in total. The van der Waals surface area contributed by atoms with Gasteiger partial charge in [0.25, 0.3) is 0 Å². The van der Waals surface area contributed by atoms with Crippen LogP contribution in [0.5, 0.6) is 0 Å². The highest BCUT2D eigenvalue weighted by atomic mass is 16.3. The van der Waals surface area contributed by atoms with Gasteiger partial charge in [-0.1, -0.05) is 0 Å². The molecule has 0 saturated carbocycles. The molecule has 1 aromatic rings. The Kier molecular flexibility index (Phi) is 2.72. The molecule has 4 heteroatoms. The maximum Gasteiger partial charge on any atom is 0.196 e. The van der Waals surface area contributed by atoms with Gasteiger partial charge in [-0.2, -0.15) is 0 Å². The van der Waals surface area contributed by atoms with Crippen molar-refractivity contribution in [2.24, 2.45) is 5.18 Å². The predicted octanol–water partition coefficient (Wildman–Crippen LogP) is 2.47. The summed E-state index contributed by atoms with van der Waals surface area (Å²) in [6.45, 7) is 2.19. The first kappa shape index (κ1) is 9.12. The lowest BCUT2D eigenvalue weighted by molar-refractivity contribution is 0.577. The Balaban J connectivity index is 2.11. The van der Waals surface area contributed by atoms with E-state index in [-0.39, 0.29) is 5.82 Å². The second kappa shape index (κ2) is 4.17. The molecule has 1 aliphatic heterocycles. The van der Waals surface area contributed by atoms with Gasteiger partial charge in [0.2, 0.25) is 0 Å². The second-order valence-electron chi connectivity index (χ2n) is 3.51. The number of nitrogens with zero attached hydrogens (tertiary/aromatic N) is 3. The molecule has 0 atom stereocenters. The van der Waals surface area contributed by atoms with Gasteiger partial charge in [0.15, 0.2) is 5.82 Å². The van der Waals surface area contributed by atoms with Crippen molar-refractivity contribution in [1.29, 1.82) is 0 Å². The van der Waals surface area contributed by atoms with E-state index in [0.29, 0.717) is 0 Å². The van der Waals surface area contributed by atoms with Crippen LogP contribution in [0.2, 0.25) is 0 Å². The maximum absolute atomic E-state index is 10.2. The molecule has 0 bridgehead atoms. The largest absolute Gasteiger partial charge is 0.370 e. The Bertz CT molecular complexity index is 304. The van der Waals surface area contributed by atoms with E-state index < -0.39 is 0 Å². The molecule has 0 aliphatic carbocycles. The minimum absolute atomic E-state index is 0.255. The average molecular weight is 191 g/mol. The Hall–Kier alpha value is -1.45. The van der Waals surface area contributed by atoms with Crippen molar-refractivity contribution in [1.82, 2.24) is 4.98 Å². The lowest BCUT2D eigenvalue weighted by atomic mass is 10.1. The van der Waals surface area contributed by atoms with Gasteiger partial charge in [0.05, 0.1) is 11.9 Å². The van der Waals surface area contributed by atoms with Crippen molar-refractivity contribution in [3.05, 3.63) is 23.2 Å². The molecular weight excluding hydrogens is 178 g/mol. The van der Waals surface area contributed by atoms with Crippen LogP contribution in [-0.4, -0.2) is 18.1 Å². The van der Waals surface area contributed by atoms with E-state index in [1.807, 2.05) is 6.07 Å². The summed E-state index contributed by atoms with van der Waals surface area (Å²) in [4.78, 5) is 16.4. The van der Waals surface area contributed by atoms with Gasteiger partial charge in [-0.3, -0.25) is 0 Å². The number of hydrogen-bond donors (Lipinski definition) is 0. The van der Waals surface area contributed by atoms with E-state index in [2.05, 4.69) is 15.1 Å². The van der Waals surface area contributed by atoms with Gasteiger partial charge in [0.1, 0.15) is 0 Å². The van der Waals surface area contributed by atoms with Crippen molar-refractivity contribution in [2.75, 3.05) is 18.0 Å². The highest BCUT2D eigenvalue weighted by Crippen LogP contribution is 2.20. The molecule has 1 saturated heterocycles. The fraction of sp³-hybridized carbons (Fsp3) is 0.500. The summed E-state index contributed by atoms with van der Waals surface area (Å²) in [6, 6.07) is 3.58. The lowest BCUT2D eigenvalue weighted by Crippen LogP contribution is -2.29. The average Bonchev–Trinajstić information content (AvgIpc) is 2.30. The molecule has 2 rings (SSSR count). The summed E-state index contributed by atoms with van der Waals surface area (Å²) in [5, 5.41) is 2.78. The van der Waals surface area contributed by atoms with Gasteiger partial charge >= 0.3 is 0 Å². The zero-order chi connectivity index (χ0) is 9.80. The SMILES string of the molecule is O=Nc1ccc(N2CCCCC2)cn1. The van der Waals surface area contributed by atoms with Gasteiger partial charge in [0, 0.05) is 13.1 Å². The predicted molar refractivity (Wildman–Crippen MR) is 55.8 cm³/mol. The molecule has 0 amide bonds. The molecule has 74 valence electrons. The number of anilines is 1. The van der Waals surface area contributed by atoms with Crippen molar-refractivity contribution in [3.8, 4) is 0 Å². The van der Waals surface area contributed by atoms with Crippen molar-refractivity contribution >= 4 is 11.5 Å². The summed E-state index contributed by atoms with van der Waals surface area (Å²) < 4.78 is 0. The van der Waals surface area contributed by atoms with Crippen LogP contribution in [0, 0.1) is 4.91 Å². The Morgan fingerprint density at radius 1 is 1.21 bits per heavy atom. The summed E-state index contributed by atoms with van der Waals surface area (Å²) in [7, 11) is 0. The summed E-state index contributed by atoms with van der Waals surface area (Å²) in [5.41, 5.74) is 1.09. The molecule has 4 nitrogen and oxygen atoms in total. The minimum Gasteiger partial charge on any atom is -0.370 e. The standard InChI is InChI=1S/C10H13N3O/c14-12-10-5-4-9(8-11-10)13-6-2-1-3-7-13/h4-5,8H,1-3,6-7H2. The summed E-state index contributed by atoms with van der Waals surface area (Å²) in [5.74, 6) is 0.255. The first-order valence-corrected chi connectivity index (χ1v) is 4.94. The van der Waals surface area contributed by atoms with Crippen LogP contribution in [0.3, 0.4) is 0 Å². The van der Waals surface area contributed by atoms with Crippen molar-refractivity contribution in [2.45, 2.75) is 19.3 Å². The van der Waals surface area contributed by atoms with E-state index >= 15 is 0 Å². The Morgan fingerprint density at radius 2 is 2.00 bits per heavy atom. The Morgan fingerprint density at radius 3 is 2.57 bits per heavy atom. The first-order chi connectivity index (χ1) is 6.90. The maximum atomic E-state index is 10.2. The summed E-state index contributed by atoms with van der Waals surface area (Å²) >= 11 is 0. The molecule has 1 aliphatic rings. The normalized spacial score (nSPS) is 16.7. The monoisotopic (exact) mass is 191 g/mol. The highest BCUT2D eigenvalue weighted by molar-refractivity contribution is 5.47. The smallest absolute Gasteiger partial charge is 0.196 e. The van der Waals surface area contributed by atoms with Gasteiger partial charge in [-0.25, -0.2) is 4.98 Å². The van der Waals surface area contributed by atoms with Crippen LogP contribution in [-0.2, 0) is 0 Å². The van der Waals surface area contributed by atoms with E-state index in [1.165, 1.54) is 19.3 Å². The van der Waals surface area contributed by atoms with Crippen LogP contribution >= 0.6 is 0 Å². The number of nitroso groups, excluding NO2 is 1. The topological polar surface area (TPSA) is 45.6 Å². The number of aromatic nitrogens is 1. The third-order valence-electron chi connectivity index (χ3n) is 2.55. The van der Waals surface area contributed by atoms with E-state index in [4.69, 9.17) is 0 Å². The lowest BCUT2D eigenvalue weighted by Gasteiger charge is -2.28. The second-order valence-corrected chi connectivity index (χ2v) is 3.51. The van der Waals surface area contributed by atoms with Crippen LogP contribution in [0.25, 0.3) is 0 Å². The Labute approximate surface area is 82.9 Å². The van der Waals surface area contributed by atoms with Crippen LogP contribution < -0.4 is 4.90 Å². The van der Waals surface area contributed by atoms with E-state index in [1.54, 1.807) is 12.3 Å². The minimum atomic E-state index is 0.255. The molecule has 0 radical (unpaired) electrons. The fourth-order valence-electron chi connectivity index (χ4n) is 1.77. The zero-order valence-electron chi connectivity index (χ0n) is 8.02. The molecule has 0 spiro atoms. The quantitative estimate of drug-likeness (QED) is 0.674. The highest BCUT2D eigenvalue weighted by Gasteiger charge is 2.10. The number of hydrogen-bond acceptors (Lipinski definition) is 4. The molecule has 1 aromatic heterocycles. The van der Waals surface area contributed by atoms with Crippen LogP contribution in [0.15, 0.2) is 23.5 Å². The van der Waals surface area contributed by atoms with Crippen LogP contribution in [0.4, 0.5) is 11.5 Å². The van der Waals surface area contributed by atoms with Crippen molar-refractivity contribution in [3.63, 3.8) is 0 Å². The van der Waals surface area contributed by atoms with Gasteiger partial charge in [-0.05, 0) is 36.6 Å². The molecule has 0 unspecified atom stereocenters. The number of rotatable bonds is 2. The van der Waals surface area contributed by atoms with E-state index in [9.17, 15) is 4.91 Å². The van der Waals surface area contributed by atoms with Gasteiger partial charge < -0.3 is 4.90 Å². The first-order valence-electron chi connectivity index (χ1n) is 4.94. The molecule has 14 heavy (non-hydrogen) atoms. The van der Waals surface area contributed by atoms with Gasteiger partial charge in [-0.15, -0.1) is 4.91 Å². The van der Waals surface area contributed by atoms with Crippen LogP contribution in [0.1, 0.15) is 19.3 Å². The summed E-state index contributed by atoms with van der Waals surface area (Å²) in [6.07, 6.45) is 5.53. The van der Waals surface area contributed by atoms with Crippen molar-refractivity contribution < 1.29 is 0 Å². The van der Waals surface area contributed by atoms with E-state index in [0.717, 1.165) is 18.8 Å². The molecule has 1 fully saturated rings. The zero-order valence-corrected chi connectivity index (χ0v) is 8.02. The fourth-order valence-corrected chi connectivity index (χ4v) is 1.77. The number of piperidine rings is 1. The molecule has 2 heterocycles. The third-order valence-corrected chi connectivity index (χ3v) is 2.55. The molecular formula is C10H13N3O. The third kappa shape index (κ3) is 1.89. The number of pyridine rings is 1. The molecule has 0 aromatic carbocycles.